The first-order chi connectivity index (χ1) is 11.6. The first-order valence-corrected chi connectivity index (χ1v) is 7.71. The van der Waals surface area contributed by atoms with E-state index in [1.54, 1.807) is 6.07 Å². The van der Waals surface area contributed by atoms with Crippen LogP contribution in [-0.4, -0.2) is 31.5 Å². The lowest BCUT2D eigenvalue weighted by Crippen LogP contribution is -2.16. The maximum atomic E-state index is 13.6. The van der Waals surface area contributed by atoms with Crippen molar-refractivity contribution >= 4 is 34.5 Å². The van der Waals surface area contributed by atoms with Gasteiger partial charge in [-0.05, 0) is 18.9 Å². The second-order valence-electron chi connectivity index (χ2n) is 5.49. The molecule has 0 unspecified atom stereocenters. The summed E-state index contributed by atoms with van der Waals surface area (Å²) < 4.78 is 15.0. The molecular weight excluding hydrogens is 335 g/mol. The Kier molecular flexibility index (Phi) is 3.53. The van der Waals surface area contributed by atoms with Crippen LogP contribution in [0.2, 0.25) is 5.15 Å². The monoisotopic (exact) mass is 346 g/mol. The Hall–Kier alpha value is -2.74. The summed E-state index contributed by atoms with van der Waals surface area (Å²) in [5.41, 5.74) is 1.39. The van der Waals surface area contributed by atoms with Crippen molar-refractivity contribution in [2.45, 2.75) is 18.9 Å². The lowest BCUT2D eigenvalue weighted by Gasteiger charge is -2.08. The quantitative estimate of drug-likeness (QED) is 0.758. The number of amides is 1. The van der Waals surface area contributed by atoms with Crippen LogP contribution >= 0.6 is 11.6 Å². The molecule has 9 heteroatoms. The Morgan fingerprint density at radius 3 is 2.92 bits per heavy atom. The number of hydrogen-bond acceptors (Lipinski definition) is 5. The topological polar surface area (TPSA) is 84.2 Å². The third-order valence-electron chi connectivity index (χ3n) is 3.63. The molecule has 1 aliphatic rings. The number of aromatic nitrogens is 4. The molecule has 1 amide bonds. The smallest absolute Gasteiger partial charge is 0.276 e. The third-order valence-corrected chi connectivity index (χ3v) is 3.81. The second-order valence-corrected chi connectivity index (χ2v) is 5.88. The average Bonchev–Trinajstić information content (AvgIpc) is 3.26. The van der Waals surface area contributed by atoms with Gasteiger partial charge in [0.05, 0.1) is 23.8 Å². The van der Waals surface area contributed by atoms with Crippen LogP contribution in [0.3, 0.4) is 0 Å². The maximum Gasteiger partial charge on any atom is 0.276 e. The molecule has 3 heterocycles. The Bertz CT molecular complexity index is 939. The van der Waals surface area contributed by atoms with Gasteiger partial charge in [0, 0.05) is 18.3 Å². The number of carbonyl (C=O) groups excluding carboxylic acids is 1. The van der Waals surface area contributed by atoms with Crippen LogP contribution in [0.1, 0.15) is 23.3 Å². The van der Waals surface area contributed by atoms with Gasteiger partial charge < -0.3 is 10.6 Å². The minimum absolute atomic E-state index is 0.0308. The molecule has 0 aliphatic heterocycles. The van der Waals surface area contributed by atoms with Crippen molar-refractivity contribution in [3.63, 3.8) is 0 Å². The van der Waals surface area contributed by atoms with E-state index in [4.69, 9.17) is 11.6 Å². The van der Waals surface area contributed by atoms with Crippen LogP contribution in [0, 0.1) is 5.82 Å². The lowest BCUT2D eigenvalue weighted by molar-refractivity contribution is 0.102. The predicted molar refractivity (Wildman–Crippen MR) is 86.8 cm³/mol. The SMILES string of the molecule is O=C(Nc1ccncc1F)c1cnc2c(NC3CC3)cc(Cl)nn12. The van der Waals surface area contributed by atoms with Crippen LogP contribution in [0.5, 0.6) is 0 Å². The van der Waals surface area contributed by atoms with E-state index in [1.807, 2.05) is 0 Å². The number of imidazole rings is 1. The van der Waals surface area contributed by atoms with Crippen LogP contribution < -0.4 is 10.6 Å². The summed E-state index contributed by atoms with van der Waals surface area (Å²) in [6.07, 6.45) is 5.96. The zero-order valence-electron chi connectivity index (χ0n) is 12.3. The van der Waals surface area contributed by atoms with Crippen molar-refractivity contribution in [2.75, 3.05) is 10.6 Å². The molecule has 1 saturated carbocycles. The van der Waals surface area contributed by atoms with E-state index < -0.39 is 11.7 Å². The summed E-state index contributed by atoms with van der Waals surface area (Å²) in [4.78, 5) is 20.3. The maximum absolute atomic E-state index is 13.6. The number of halogens is 2. The molecule has 0 radical (unpaired) electrons. The normalized spacial score (nSPS) is 13.9. The van der Waals surface area contributed by atoms with E-state index in [0.29, 0.717) is 17.4 Å². The number of anilines is 2. The van der Waals surface area contributed by atoms with Crippen molar-refractivity contribution < 1.29 is 9.18 Å². The highest BCUT2D eigenvalue weighted by Crippen LogP contribution is 2.28. The molecule has 122 valence electrons. The van der Waals surface area contributed by atoms with Crippen LogP contribution in [0.15, 0.2) is 30.7 Å². The second kappa shape index (κ2) is 5.72. The fourth-order valence-electron chi connectivity index (χ4n) is 2.31. The zero-order chi connectivity index (χ0) is 16.7. The average molecular weight is 347 g/mol. The molecule has 0 aromatic carbocycles. The Labute approximate surface area is 140 Å². The molecule has 3 aromatic heterocycles. The van der Waals surface area contributed by atoms with Gasteiger partial charge in [-0.1, -0.05) is 11.6 Å². The predicted octanol–water partition coefficient (Wildman–Crippen LogP) is 2.74. The minimum Gasteiger partial charge on any atom is -0.379 e. The standard InChI is InChI=1S/C15H12ClFN6O/c16-13-5-11(20-8-1-2-8)14-19-7-12(23(14)22-13)15(24)21-10-3-4-18-6-9(10)17/h3-8,20H,1-2H2,(H,18,21,24). The molecular formula is C15H12ClFN6O. The first kappa shape index (κ1) is 14.8. The summed E-state index contributed by atoms with van der Waals surface area (Å²) in [5.74, 6) is -1.17. The molecule has 0 bridgehead atoms. The summed E-state index contributed by atoms with van der Waals surface area (Å²) in [6.45, 7) is 0. The van der Waals surface area contributed by atoms with Crippen LogP contribution in [-0.2, 0) is 0 Å². The van der Waals surface area contributed by atoms with E-state index in [-0.39, 0.29) is 16.5 Å². The van der Waals surface area contributed by atoms with Gasteiger partial charge in [0.25, 0.3) is 5.91 Å². The first-order valence-electron chi connectivity index (χ1n) is 7.33. The number of pyridine rings is 1. The van der Waals surface area contributed by atoms with Crippen LogP contribution in [0.4, 0.5) is 15.8 Å². The fourth-order valence-corrected chi connectivity index (χ4v) is 2.49. The molecule has 2 N–H and O–H groups in total. The molecule has 0 spiro atoms. The number of hydrogen-bond donors (Lipinski definition) is 2. The van der Waals surface area contributed by atoms with Crippen molar-refractivity contribution in [1.29, 1.82) is 0 Å². The van der Waals surface area contributed by atoms with Gasteiger partial charge in [-0.2, -0.15) is 5.10 Å². The van der Waals surface area contributed by atoms with Crippen molar-refractivity contribution in [3.05, 3.63) is 47.4 Å². The van der Waals surface area contributed by atoms with Gasteiger partial charge in [0.2, 0.25) is 0 Å². The highest BCUT2D eigenvalue weighted by Gasteiger charge is 2.24. The van der Waals surface area contributed by atoms with Gasteiger partial charge in [0.1, 0.15) is 0 Å². The molecule has 1 fully saturated rings. The molecule has 4 rings (SSSR count). The summed E-state index contributed by atoms with van der Waals surface area (Å²) in [5, 5.41) is 10.1. The van der Waals surface area contributed by atoms with Crippen molar-refractivity contribution in [2.24, 2.45) is 0 Å². The summed E-state index contributed by atoms with van der Waals surface area (Å²) in [7, 11) is 0. The number of rotatable bonds is 4. The van der Waals surface area contributed by atoms with Crippen molar-refractivity contribution in [3.8, 4) is 0 Å². The summed E-state index contributed by atoms with van der Waals surface area (Å²) >= 11 is 6.05. The molecule has 0 atom stereocenters. The summed E-state index contributed by atoms with van der Waals surface area (Å²) in [6, 6.07) is 3.44. The van der Waals surface area contributed by atoms with E-state index in [9.17, 15) is 9.18 Å². The number of nitrogens with zero attached hydrogens (tertiary/aromatic N) is 4. The van der Waals surface area contributed by atoms with E-state index in [2.05, 4.69) is 25.7 Å². The van der Waals surface area contributed by atoms with Crippen LogP contribution in [0.25, 0.3) is 5.65 Å². The van der Waals surface area contributed by atoms with E-state index in [1.165, 1.54) is 23.0 Å². The molecule has 24 heavy (non-hydrogen) atoms. The van der Waals surface area contributed by atoms with Crippen molar-refractivity contribution in [1.82, 2.24) is 19.6 Å². The molecule has 7 nitrogen and oxygen atoms in total. The van der Waals surface area contributed by atoms with E-state index >= 15 is 0 Å². The van der Waals surface area contributed by atoms with Gasteiger partial charge >= 0.3 is 0 Å². The number of fused-ring (bicyclic) bond motifs is 1. The van der Waals surface area contributed by atoms with Gasteiger partial charge in [-0.3, -0.25) is 9.78 Å². The van der Waals surface area contributed by atoms with Gasteiger partial charge in [0.15, 0.2) is 22.3 Å². The third kappa shape index (κ3) is 2.76. The largest absolute Gasteiger partial charge is 0.379 e. The Balaban J connectivity index is 1.70. The number of nitrogens with one attached hydrogen (secondary N) is 2. The lowest BCUT2D eigenvalue weighted by atomic mass is 10.3. The Morgan fingerprint density at radius 1 is 1.33 bits per heavy atom. The fraction of sp³-hybridized carbons (Fsp3) is 0.200. The molecule has 3 aromatic rings. The molecule has 0 saturated heterocycles. The molecule has 1 aliphatic carbocycles. The highest BCUT2D eigenvalue weighted by atomic mass is 35.5. The van der Waals surface area contributed by atoms with Gasteiger partial charge in [-0.25, -0.2) is 13.9 Å². The highest BCUT2D eigenvalue weighted by molar-refractivity contribution is 6.29. The minimum atomic E-state index is -0.623. The Morgan fingerprint density at radius 2 is 2.17 bits per heavy atom. The van der Waals surface area contributed by atoms with E-state index in [0.717, 1.165) is 19.0 Å². The number of carbonyl (C=O) groups is 1. The zero-order valence-corrected chi connectivity index (χ0v) is 13.1. The van der Waals surface area contributed by atoms with Gasteiger partial charge in [-0.15, -0.1) is 0 Å².